The van der Waals surface area contributed by atoms with Gasteiger partial charge in [0.2, 0.25) is 0 Å². The molecule has 1 saturated heterocycles. The van der Waals surface area contributed by atoms with Crippen LogP contribution in [-0.4, -0.2) is 52.1 Å². The molecule has 0 aromatic rings. The molecule has 1 rings (SSSR count). The number of carboxylic acids is 1. The monoisotopic (exact) mass is 200 g/mol. The third-order valence-corrected chi connectivity index (χ3v) is 2.84. The first kappa shape index (κ1) is 10.8. The van der Waals surface area contributed by atoms with Crippen LogP contribution in [0.2, 0.25) is 0 Å². The Balaban J connectivity index is 2.91. The molecule has 1 aliphatic heterocycles. The maximum absolute atomic E-state index is 11.7. The van der Waals surface area contributed by atoms with Gasteiger partial charge in [0.05, 0.1) is 0 Å². The molecule has 0 aromatic carbocycles. The highest BCUT2D eigenvalue weighted by Crippen LogP contribution is 2.23. The van der Waals surface area contributed by atoms with Gasteiger partial charge in [0, 0.05) is 19.6 Å². The number of amides is 2. The van der Waals surface area contributed by atoms with Crippen LogP contribution in [-0.2, 0) is 4.79 Å². The fraction of sp³-hybridized carbons (Fsp3) is 0.778. The first-order chi connectivity index (χ1) is 6.28. The van der Waals surface area contributed by atoms with Crippen molar-refractivity contribution < 1.29 is 14.7 Å². The van der Waals surface area contributed by atoms with Crippen molar-refractivity contribution in [2.45, 2.75) is 32.4 Å². The zero-order valence-corrected chi connectivity index (χ0v) is 8.94. The van der Waals surface area contributed by atoms with Crippen molar-refractivity contribution >= 4 is 12.0 Å². The Bertz CT molecular complexity index is 275. The number of aliphatic carboxylic acids is 1. The standard InChI is InChI=1S/C9H16N2O3/c1-6-5-11(8(14)10(6)4)9(2,3)7(12)13/h6H,5H2,1-4H3,(H,12,13). The third-order valence-electron chi connectivity index (χ3n) is 2.84. The number of rotatable bonds is 2. The van der Waals surface area contributed by atoms with E-state index in [1.165, 1.54) is 4.90 Å². The average molecular weight is 200 g/mol. The van der Waals surface area contributed by atoms with Gasteiger partial charge in [0.1, 0.15) is 5.54 Å². The average Bonchev–Trinajstić information content (AvgIpc) is 2.33. The van der Waals surface area contributed by atoms with Gasteiger partial charge >= 0.3 is 12.0 Å². The molecule has 5 nitrogen and oxygen atoms in total. The number of carboxylic acid groups (broad SMARTS) is 1. The van der Waals surface area contributed by atoms with Gasteiger partial charge in [-0.15, -0.1) is 0 Å². The van der Waals surface area contributed by atoms with Crippen LogP contribution in [0.3, 0.4) is 0 Å². The lowest BCUT2D eigenvalue weighted by Gasteiger charge is -2.30. The summed E-state index contributed by atoms with van der Waals surface area (Å²) in [6.07, 6.45) is 0. The van der Waals surface area contributed by atoms with Crippen LogP contribution in [0.4, 0.5) is 4.79 Å². The highest BCUT2D eigenvalue weighted by molar-refractivity contribution is 5.86. The van der Waals surface area contributed by atoms with E-state index in [0.29, 0.717) is 6.54 Å². The Morgan fingerprint density at radius 1 is 1.57 bits per heavy atom. The molecule has 1 unspecified atom stereocenters. The smallest absolute Gasteiger partial charge is 0.329 e. The summed E-state index contributed by atoms with van der Waals surface area (Å²) >= 11 is 0. The summed E-state index contributed by atoms with van der Waals surface area (Å²) in [5, 5.41) is 8.98. The Kier molecular flexibility index (Phi) is 2.43. The number of carbonyl (C=O) groups excluding carboxylic acids is 1. The molecular formula is C9H16N2O3. The van der Waals surface area contributed by atoms with Gasteiger partial charge in [-0.1, -0.05) is 0 Å². The largest absolute Gasteiger partial charge is 0.480 e. The molecule has 0 bridgehead atoms. The highest BCUT2D eigenvalue weighted by Gasteiger charge is 2.44. The second-order valence-corrected chi connectivity index (χ2v) is 4.22. The second kappa shape index (κ2) is 3.15. The van der Waals surface area contributed by atoms with E-state index in [2.05, 4.69) is 0 Å². The third kappa shape index (κ3) is 1.42. The molecule has 1 N–H and O–H groups in total. The van der Waals surface area contributed by atoms with Crippen molar-refractivity contribution in [3.8, 4) is 0 Å². The lowest BCUT2D eigenvalue weighted by molar-refractivity contribution is -0.147. The Morgan fingerprint density at radius 2 is 2.07 bits per heavy atom. The number of likely N-dealkylation sites (N-methyl/N-ethyl adjacent to an activating group) is 1. The number of nitrogens with zero attached hydrogens (tertiary/aromatic N) is 2. The van der Waals surface area contributed by atoms with Crippen molar-refractivity contribution in [2.24, 2.45) is 0 Å². The van der Waals surface area contributed by atoms with Gasteiger partial charge in [0.15, 0.2) is 0 Å². The van der Waals surface area contributed by atoms with Gasteiger partial charge in [-0.05, 0) is 20.8 Å². The van der Waals surface area contributed by atoms with Crippen LogP contribution >= 0.6 is 0 Å². The van der Waals surface area contributed by atoms with Crippen molar-refractivity contribution in [1.82, 2.24) is 9.80 Å². The van der Waals surface area contributed by atoms with E-state index >= 15 is 0 Å². The Hall–Kier alpha value is -1.26. The van der Waals surface area contributed by atoms with E-state index in [1.54, 1.807) is 25.8 Å². The summed E-state index contributed by atoms with van der Waals surface area (Å²) < 4.78 is 0. The first-order valence-electron chi connectivity index (χ1n) is 4.56. The number of urea groups is 1. The first-order valence-corrected chi connectivity index (χ1v) is 4.56. The molecule has 0 radical (unpaired) electrons. The van der Waals surface area contributed by atoms with Crippen LogP contribution < -0.4 is 0 Å². The van der Waals surface area contributed by atoms with Crippen LogP contribution in [0.25, 0.3) is 0 Å². The second-order valence-electron chi connectivity index (χ2n) is 4.22. The topological polar surface area (TPSA) is 60.9 Å². The fourth-order valence-electron chi connectivity index (χ4n) is 1.43. The van der Waals surface area contributed by atoms with Crippen molar-refractivity contribution in [2.75, 3.05) is 13.6 Å². The van der Waals surface area contributed by atoms with E-state index in [1.807, 2.05) is 6.92 Å². The van der Waals surface area contributed by atoms with Crippen molar-refractivity contribution in [1.29, 1.82) is 0 Å². The maximum Gasteiger partial charge on any atom is 0.329 e. The molecule has 1 atom stereocenters. The van der Waals surface area contributed by atoms with Crippen molar-refractivity contribution in [3.05, 3.63) is 0 Å². The van der Waals surface area contributed by atoms with E-state index < -0.39 is 11.5 Å². The molecule has 80 valence electrons. The predicted molar refractivity (Wildman–Crippen MR) is 51.0 cm³/mol. The summed E-state index contributed by atoms with van der Waals surface area (Å²) in [4.78, 5) is 25.6. The quantitative estimate of drug-likeness (QED) is 0.710. The summed E-state index contributed by atoms with van der Waals surface area (Å²) in [6, 6.07) is -0.147. The summed E-state index contributed by atoms with van der Waals surface area (Å²) in [7, 11) is 1.69. The fourth-order valence-corrected chi connectivity index (χ4v) is 1.43. The van der Waals surface area contributed by atoms with Crippen LogP contribution in [0.15, 0.2) is 0 Å². The normalized spacial score (nSPS) is 23.1. The minimum absolute atomic E-state index is 0.0705. The summed E-state index contributed by atoms with van der Waals surface area (Å²) in [6.45, 7) is 5.45. The highest BCUT2D eigenvalue weighted by atomic mass is 16.4. The molecule has 1 heterocycles. The van der Waals surface area contributed by atoms with Crippen LogP contribution in [0.1, 0.15) is 20.8 Å². The van der Waals surface area contributed by atoms with Crippen LogP contribution in [0, 0.1) is 0 Å². The molecule has 2 amide bonds. The van der Waals surface area contributed by atoms with Gasteiger partial charge in [0.25, 0.3) is 0 Å². The number of hydrogen-bond acceptors (Lipinski definition) is 2. The molecule has 0 spiro atoms. The van der Waals surface area contributed by atoms with E-state index in [9.17, 15) is 9.59 Å². The summed E-state index contributed by atoms with van der Waals surface area (Å²) in [5.41, 5.74) is -1.13. The van der Waals surface area contributed by atoms with E-state index in [-0.39, 0.29) is 12.1 Å². The molecular weight excluding hydrogens is 184 g/mol. The van der Waals surface area contributed by atoms with Crippen LogP contribution in [0.5, 0.6) is 0 Å². The van der Waals surface area contributed by atoms with Gasteiger partial charge in [-0.2, -0.15) is 0 Å². The minimum atomic E-state index is -1.13. The molecule has 0 aliphatic carbocycles. The maximum atomic E-state index is 11.7. The lowest BCUT2D eigenvalue weighted by Crippen LogP contribution is -2.51. The number of hydrogen-bond donors (Lipinski definition) is 1. The van der Waals surface area contributed by atoms with E-state index in [0.717, 1.165) is 0 Å². The Labute approximate surface area is 83.3 Å². The SMILES string of the molecule is CC1CN(C(C)(C)C(=O)O)C(=O)N1C. The molecule has 1 aliphatic rings. The van der Waals surface area contributed by atoms with Crippen molar-refractivity contribution in [3.63, 3.8) is 0 Å². The summed E-state index contributed by atoms with van der Waals surface area (Å²) in [5.74, 6) is -0.978. The zero-order valence-electron chi connectivity index (χ0n) is 8.94. The molecule has 5 heteroatoms. The zero-order chi connectivity index (χ0) is 11.1. The molecule has 0 aromatic heterocycles. The molecule has 14 heavy (non-hydrogen) atoms. The van der Waals surface area contributed by atoms with Gasteiger partial charge in [-0.3, -0.25) is 0 Å². The predicted octanol–water partition coefficient (Wildman–Crippen LogP) is 0.606. The molecule has 0 saturated carbocycles. The lowest BCUT2D eigenvalue weighted by atomic mass is 10.0. The van der Waals surface area contributed by atoms with E-state index in [4.69, 9.17) is 5.11 Å². The Morgan fingerprint density at radius 3 is 2.36 bits per heavy atom. The number of carbonyl (C=O) groups is 2. The van der Waals surface area contributed by atoms with Gasteiger partial charge in [-0.25, -0.2) is 9.59 Å². The minimum Gasteiger partial charge on any atom is -0.480 e. The van der Waals surface area contributed by atoms with Gasteiger partial charge < -0.3 is 14.9 Å². The molecule has 1 fully saturated rings.